The molecule has 0 spiro atoms. The van der Waals surface area contributed by atoms with Gasteiger partial charge in [0.25, 0.3) is 0 Å². The SMILES string of the molecule is CC(C)[C@H](N)C(=O)NCc1ccc(Cl)cc1. The molecule has 0 aliphatic heterocycles. The molecule has 3 nitrogen and oxygen atoms in total. The first-order valence-electron chi connectivity index (χ1n) is 5.28. The second-order valence-electron chi connectivity index (χ2n) is 4.11. The third-order valence-corrected chi connectivity index (χ3v) is 2.65. The number of nitrogens with two attached hydrogens (primary N) is 1. The predicted octanol–water partition coefficient (Wildman–Crippen LogP) is 1.94. The molecule has 1 atom stereocenters. The van der Waals surface area contributed by atoms with E-state index in [4.69, 9.17) is 17.3 Å². The van der Waals surface area contributed by atoms with Crippen molar-refractivity contribution in [3.05, 3.63) is 34.9 Å². The van der Waals surface area contributed by atoms with Crippen LogP contribution in [0.2, 0.25) is 5.02 Å². The molecule has 0 aliphatic carbocycles. The highest BCUT2D eigenvalue weighted by molar-refractivity contribution is 6.30. The minimum atomic E-state index is -0.452. The predicted molar refractivity (Wildman–Crippen MR) is 66.1 cm³/mol. The summed E-state index contributed by atoms with van der Waals surface area (Å²) < 4.78 is 0. The van der Waals surface area contributed by atoms with Crippen molar-refractivity contribution in [2.75, 3.05) is 0 Å². The first kappa shape index (κ1) is 13.0. The van der Waals surface area contributed by atoms with Gasteiger partial charge in [0, 0.05) is 11.6 Å². The summed E-state index contributed by atoms with van der Waals surface area (Å²) >= 11 is 5.76. The summed E-state index contributed by atoms with van der Waals surface area (Å²) in [5.41, 5.74) is 6.72. The molecule has 0 aromatic heterocycles. The fourth-order valence-corrected chi connectivity index (χ4v) is 1.34. The number of carbonyl (C=O) groups excluding carboxylic acids is 1. The van der Waals surface area contributed by atoms with E-state index in [-0.39, 0.29) is 11.8 Å². The van der Waals surface area contributed by atoms with Crippen molar-refractivity contribution >= 4 is 17.5 Å². The zero-order chi connectivity index (χ0) is 12.1. The van der Waals surface area contributed by atoms with Crippen molar-refractivity contribution in [1.82, 2.24) is 5.32 Å². The molecule has 3 N–H and O–H groups in total. The highest BCUT2D eigenvalue weighted by Gasteiger charge is 2.16. The average Bonchev–Trinajstić information content (AvgIpc) is 2.26. The Bertz CT molecular complexity index is 349. The van der Waals surface area contributed by atoms with Gasteiger partial charge in [-0.15, -0.1) is 0 Å². The van der Waals surface area contributed by atoms with Crippen LogP contribution in [-0.2, 0) is 11.3 Å². The molecule has 0 heterocycles. The van der Waals surface area contributed by atoms with E-state index in [2.05, 4.69) is 5.32 Å². The van der Waals surface area contributed by atoms with E-state index in [0.29, 0.717) is 11.6 Å². The smallest absolute Gasteiger partial charge is 0.237 e. The van der Waals surface area contributed by atoms with Crippen LogP contribution >= 0.6 is 11.6 Å². The Morgan fingerprint density at radius 3 is 2.44 bits per heavy atom. The zero-order valence-corrected chi connectivity index (χ0v) is 10.3. The van der Waals surface area contributed by atoms with E-state index in [1.807, 2.05) is 26.0 Å². The van der Waals surface area contributed by atoms with Crippen LogP contribution in [0, 0.1) is 5.92 Å². The Morgan fingerprint density at radius 1 is 1.38 bits per heavy atom. The van der Waals surface area contributed by atoms with E-state index in [9.17, 15) is 4.79 Å². The van der Waals surface area contributed by atoms with E-state index >= 15 is 0 Å². The molecule has 16 heavy (non-hydrogen) atoms. The van der Waals surface area contributed by atoms with Crippen molar-refractivity contribution in [3.63, 3.8) is 0 Å². The first-order chi connectivity index (χ1) is 7.50. The molecule has 88 valence electrons. The van der Waals surface area contributed by atoms with Crippen LogP contribution in [0.4, 0.5) is 0 Å². The van der Waals surface area contributed by atoms with Crippen molar-refractivity contribution in [1.29, 1.82) is 0 Å². The fourth-order valence-electron chi connectivity index (χ4n) is 1.21. The van der Waals surface area contributed by atoms with Crippen LogP contribution in [0.1, 0.15) is 19.4 Å². The quantitative estimate of drug-likeness (QED) is 0.845. The lowest BCUT2D eigenvalue weighted by Gasteiger charge is -2.15. The number of nitrogens with one attached hydrogen (secondary N) is 1. The zero-order valence-electron chi connectivity index (χ0n) is 9.53. The van der Waals surface area contributed by atoms with E-state index in [1.165, 1.54) is 0 Å². The van der Waals surface area contributed by atoms with Gasteiger partial charge in [-0.2, -0.15) is 0 Å². The molecule has 4 heteroatoms. The highest BCUT2D eigenvalue weighted by atomic mass is 35.5. The number of hydrogen-bond donors (Lipinski definition) is 2. The number of amides is 1. The van der Waals surface area contributed by atoms with Gasteiger partial charge < -0.3 is 11.1 Å². The third-order valence-electron chi connectivity index (χ3n) is 2.40. The minimum absolute atomic E-state index is 0.120. The molecule has 0 bridgehead atoms. The Kier molecular flexibility index (Phi) is 4.77. The number of halogens is 1. The van der Waals surface area contributed by atoms with Gasteiger partial charge >= 0.3 is 0 Å². The second-order valence-corrected chi connectivity index (χ2v) is 4.55. The Balaban J connectivity index is 2.46. The third kappa shape index (κ3) is 3.83. The lowest BCUT2D eigenvalue weighted by atomic mass is 10.0. The second kappa shape index (κ2) is 5.87. The summed E-state index contributed by atoms with van der Waals surface area (Å²) in [6.07, 6.45) is 0. The van der Waals surface area contributed by atoms with Crippen molar-refractivity contribution in [2.24, 2.45) is 11.7 Å². The molecule has 0 fully saturated rings. The maximum Gasteiger partial charge on any atom is 0.237 e. The molecule has 0 radical (unpaired) electrons. The lowest BCUT2D eigenvalue weighted by molar-refractivity contribution is -0.123. The highest BCUT2D eigenvalue weighted by Crippen LogP contribution is 2.09. The number of hydrogen-bond acceptors (Lipinski definition) is 2. The summed E-state index contributed by atoms with van der Waals surface area (Å²) in [6.45, 7) is 4.33. The average molecular weight is 241 g/mol. The summed E-state index contributed by atoms with van der Waals surface area (Å²) in [4.78, 5) is 11.6. The van der Waals surface area contributed by atoms with Crippen molar-refractivity contribution in [2.45, 2.75) is 26.4 Å². The van der Waals surface area contributed by atoms with Gasteiger partial charge in [-0.3, -0.25) is 4.79 Å². The number of carbonyl (C=O) groups is 1. The lowest BCUT2D eigenvalue weighted by Crippen LogP contribution is -2.43. The van der Waals surface area contributed by atoms with Crippen LogP contribution in [0.15, 0.2) is 24.3 Å². The molecule has 0 saturated carbocycles. The number of benzene rings is 1. The van der Waals surface area contributed by atoms with E-state index < -0.39 is 6.04 Å². The summed E-state index contributed by atoms with van der Waals surface area (Å²) in [5, 5.41) is 3.48. The molecule has 1 aromatic rings. The fraction of sp³-hybridized carbons (Fsp3) is 0.417. The van der Waals surface area contributed by atoms with Gasteiger partial charge in [-0.1, -0.05) is 37.6 Å². The van der Waals surface area contributed by atoms with Crippen LogP contribution in [0.3, 0.4) is 0 Å². The standard InChI is InChI=1S/C12H17ClN2O/c1-8(2)11(14)12(16)15-7-9-3-5-10(13)6-4-9/h3-6,8,11H,7,14H2,1-2H3,(H,15,16)/t11-/m0/s1. The molecule has 0 saturated heterocycles. The summed E-state index contributed by atoms with van der Waals surface area (Å²) in [6, 6.07) is 6.90. The first-order valence-corrected chi connectivity index (χ1v) is 5.66. The monoisotopic (exact) mass is 240 g/mol. The van der Waals surface area contributed by atoms with Gasteiger partial charge in [-0.25, -0.2) is 0 Å². The normalized spacial score (nSPS) is 12.6. The van der Waals surface area contributed by atoms with Crippen LogP contribution in [-0.4, -0.2) is 11.9 Å². The molecular weight excluding hydrogens is 224 g/mol. The van der Waals surface area contributed by atoms with Crippen molar-refractivity contribution < 1.29 is 4.79 Å². The van der Waals surface area contributed by atoms with Crippen LogP contribution < -0.4 is 11.1 Å². The Labute approximate surface area is 101 Å². The minimum Gasteiger partial charge on any atom is -0.351 e. The van der Waals surface area contributed by atoms with Gasteiger partial charge in [0.05, 0.1) is 6.04 Å². The van der Waals surface area contributed by atoms with E-state index in [0.717, 1.165) is 5.56 Å². The molecular formula is C12H17ClN2O. The maximum atomic E-state index is 11.6. The van der Waals surface area contributed by atoms with Crippen molar-refractivity contribution in [3.8, 4) is 0 Å². The molecule has 1 aromatic carbocycles. The largest absolute Gasteiger partial charge is 0.351 e. The number of rotatable bonds is 4. The Morgan fingerprint density at radius 2 is 1.94 bits per heavy atom. The topological polar surface area (TPSA) is 55.1 Å². The summed E-state index contributed by atoms with van der Waals surface area (Å²) in [7, 11) is 0. The summed E-state index contributed by atoms with van der Waals surface area (Å²) in [5.74, 6) is 0.0233. The van der Waals surface area contributed by atoms with E-state index in [1.54, 1.807) is 12.1 Å². The van der Waals surface area contributed by atoms with Gasteiger partial charge in [0.2, 0.25) is 5.91 Å². The molecule has 1 amide bonds. The van der Waals surface area contributed by atoms with Gasteiger partial charge in [0.15, 0.2) is 0 Å². The molecule has 1 rings (SSSR count). The van der Waals surface area contributed by atoms with Gasteiger partial charge in [-0.05, 0) is 23.6 Å². The van der Waals surface area contributed by atoms with Crippen LogP contribution in [0.25, 0.3) is 0 Å². The maximum absolute atomic E-state index is 11.6. The van der Waals surface area contributed by atoms with Gasteiger partial charge in [0.1, 0.15) is 0 Å². The molecule has 0 aliphatic rings. The van der Waals surface area contributed by atoms with Crippen LogP contribution in [0.5, 0.6) is 0 Å². The Hall–Kier alpha value is -1.06. The molecule has 0 unspecified atom stereocenters.